The number of rotatable bonds is 4. The molecule has 0 aliphatic carbocycles. The van der Waals surface area contributed by atoms with Crippen LogP contribution < -0.4 is 5.32 Å². The fourth-order valence-electron chi connectivity index (χ4n) is 2.80. The maximum Gasteiger partial charge on any atom is 0.221 e. The molecule has 4 nitrogen and oxygen atoms in total. The predicted octanol–water partition coefficient (Wildman–Crippen LogP) is 2.27. The molecule has 19 heavy (non-hydrogen) atoms. The van der Waals surface area contributed by atoms with E-state index in [1.54, 1.807) is 6.08 Å². The van der Waals surface area contributed by atoms with Crippen molar-refractivity contribution in [3.8, 4) is 0 Å². The smallest absolute Gasteiger partial charge is 0.221 e. The van der Waals surface area contributed by atoms with Gasteiger partial charge < -0.3 is 5.32 Å². The molecule has 1 rings (SSSR count). The first-order chi connectivity index (χ1) is 8.39. The Morgan fingerprint density at radius 1 is 1.26 bits per heavy atom. The first kappa shape index (κ1) is 16.2. The number of nitrogens with one attached hydrogen (secondary N) is 1. The normalized spacial score (nSPS) is 22.5. The summed E-state index contributed by atoms with van der Waals surface area (Å²) in [6.45, 7) is 10.4. The predicted molar refractivity (Wildman–Crippen MR) is 77.3 cm³/mol. The Balaban J connectivity index is 2.50. The van der Waals surface area contributed by atoms with Crippen LogP contribution in [0.4, 0.5) is 0 Å². The van der Waals surface area contributed by atoms with Gasteiger partial charge in [0.1, 0.15) is 0 Å². The molecule has 0 saturated heterocycles. The number of allylic oxidation sites excluding steroid dienone is 1. The lowest BCUT2D eigenvalue weighted by Crippen LogP contribution is -2.46. The van der Waals surface area contributed by atoms with Crippen LogP contribution in [0.3, 0.4) is 0 Å². The molecule has 0 unspecified atom stereocenters. The summed E-state index contributed by atoms with van der Waals surface area (Å²) in [6.07, 6.45) is 2.72. The molecule has 0 aromatic carbocycles. The van der Waals surface area contributed by atoms with Gasteiger partial charge in [-0.05, 0) is 25.7 Å². The maximum atomic E-state index is 12.0. The van der Waals surface area contributed by atoms with E-state index in [-0.39, 0.29) is 35.0 Å². The van der Waals surface area contributed by atoms with Crippen LogP contribution in [0.25, 0.3) is 0 Å². The molecule has 0 saturated carbocycles. The van der Waals surface area contributed by atoms with Crippen LogP contribution in [-0.4, -0.2) is 25.6 Å². The van der Waals surface area contributed by atoms with Gasteiger partial charge in [0.2, 0.25) is 5.91 Å². The highest BCUT2D eigenvalue weighted by Crippen LogP contribution is 2.27. The van der Waals surface area contributed by atoms with Gasteiger partial charge in [-0.3, -0.25) is 4.79 Å². The summed E-state index contributed by atoms with van der Waals surface area (Å²) < 4.78 is 22.6. The lowest BCUT2D eigenvalue weighted by molar-refractivity contribution is -0.123. The molecule has 0 aromatic rings. The molecule has 1 amide bonds. The molecule has 0 radical (unpaired) electrons. The van der Waals surface area contributed by atoms with Crippen LogP contribution in [0.1, 0.15) is 47.5 Å². The molecule has 5 heteroatoms. The number of amides is 1. The summed E-state index contributed by atoms with van der Waals surface area (Å²) in [6, 6.07) is 0. The molecule has 1 atom stereocenters. The van der Waals surface area contributed by atoms with Gasteiger partial charge in [-0.2, -0.15) is 0 Å². The lowest BCUT2D eigenvalue weighted by Gasteiger charge is -2.33. The van der Waals surface area contributed by atoms with E-state index in [4.69, 9.17) is 0 Å². The monoisotopic (exact) mass is 287 g/mol. The molecule has 0 fully saturated rings. The highest BCUT2D eigenvalue weighted by atomic mass is 32.2. The molecular weight excluding hydrogens is 262 g/mol. The van der Waals surface area contributed by atoms with Gasteiger partial charge in [0.15, 0.2) is 9.84 Å². The molecule has 0 bridgehead atoms. The molecule has 0 spiro atoms. The second-order valence-corrected chi connectivity index (χ2v) is 9.22. The summed E-state index contributed by atoms with van der Waals surface area (Å²) in [5.41, 5.74) is -0.149. The Morgan fingerprint density at radius 2 is 1.84 bits per heavy atom. The van der Waals surface area contributed by atoms with Crippen LogP contribution in [0.2, 0.25) is 0 Å². The first-order valence-electron chi connectivity index (χ1n) is 6.61. The van der Waals surface area contributed by atoms with E-state index in [0.29, 0.717) is 0 Å². The van der Waals surface area contributed by atoms with E-state index in [9.17, 15) is 13.2 Å². The molecule has 110 valence electrons. The molecule has 1 heterocycles. The average Bonchev–Trinajstić information content (AvgIpc) is 2.38. The Labute approximate surface area is 116 Å². The third-order valence-electron chi connectivity index (χ3n) is 2.90. The Hall–Kier alpha value is -0.840. The highest BCUT2D eigenvalue weighted by molar-refractivity contribution is 7.94. The van der Waals surface area contributed by atoms with Crippen LogP contribution >= 0.6 is 0 Å². The fourth-order valence-corrected chi connectivity index (χ4v) is 4.20. The van der Waals surface area contributed by atoms with Crippen molar-refractivity contribution in [2.45, 2.75) is 53.0 Å². The molecule has 1 aliphatic heterocycles. The fraction of sp³-hybridized carbons (Fsp3) is 0.786. The average molecular weight is 287 g/mol. The van der Waals surface area contributed by atoms with Gasteiger partial charge in [-0.1, -0.05) is 26.8 Å². The third kappa shape index (κ3) is 6.23. The van der Waals surface area contributed by atoms with Gasteiger partial charge in [0.25, 0.3) is 0 Å². The van der Waals surface area contributed by atoms with Crippen molar-refractivity contribution in [3.63, 3.8) is 0 Å². The van der Waals surface area contributed by atoms with Gasteiger partial charge >= 0.3 is 0 Å². The Bertz CT molecular complexity index is 469. The zero-order valence-corrected chi connectivity index (χ0v) is 13.3. The van der Waals surface area contributed by atoms with E-state index < -0.39 is 9.84 Å². The van der Waals surface area contributed by atoms with E-state index in [2.05, 4.69) is 26.1 Å². The maximum absolute atomic E-state index is 12.0. The topological polar surface area (TPSA) is 63.2 Å². The van der Waals surface area contributed by atoms with Crippen molar-refractivity contribution in [1.82, 2.24) is 5.32 Å². The van der Waals surface area contributed by atoms with Crippen molar-refractivity contribution < 1.29 is 13.2 Å². The van der Waals surface area contributed by atoms with Crippen molar-refractivity contribution in [2.75, 3.05) is 5.75 Å². The summed E-state index contributed by atoms with van der Waals surface area (Å²) in [5, 5.41) is 4.21. The van der Waals surface area contributed by atoms with E-state index in [1.807, 2.05) is 13.8 Å². The van der Waals surface area contributed by atoms with Gasteiger partial charge in [0.05, 0.1) is 5.75 Å². The largest absolute Gasteiger partial charge is 0.351 e. The van der Waals surface area contributed by atoms with E-state index in [1.165, 1.54) is 5.41 Å². The minimum Gasteiger partial charge on any atom is -0.351 e. The zero-order valence-electron chi connectivity index (χ0n) is 12.5. The summed E-state index contributed by atoms with van der Waals surface area (Å²) in [4.78, 5) is 12.0. The highest BCUT2D eigenvalue weighted by Gasteiger charge is 2.29. The van der Waals surface area contributed by atoms with Crippen molar-refractivity contribution in [1.29, 1.82) is 0 Å². The van der Waals surface area contributed by atoms with Gasteiger partial charge in [0, 0.05) is 23.3 Å². The van der Waals surface area contributed by atoms with Crippen molar-refractivity contribution >= 4 is 15.7 Å². The lowest BCUT2D eigenvalue weighted by atomic mass is 9.81. The van der Waals surface area contributed by atoms with Crippen molar-refractivity contribution in [3.05, 3.63) is 11.5 Å². The van der Waals surface area contributed by atoms with Crippen LogP contribution in [0.15, 0.2) is 11.5 Å². The molecule has 0 aromatic heterocycles. The first-order valence-corrected chi connectivity index (χ1v) is 8.32. The summed E-state index contributed by atoms with van der Waals surface area (Å²) in [5.74, 6) is -0.212. The summed E-state index contributed by atoms with van der Waals surface area (Å²) in [7, 11) is -3.07. The number of hydrogen-bond donors (Lipinski definition) is 1. The molecular formula is C14H25NO3S. The second-order valence-electron chi connectivity index (χ2n) is 7.29. The third-order valence-corrected chi connectivity index (χ3v) is 4.37. The van der Waals surface area contributed by atoms with Crippen LogP contribution in [0, 0.1) is 11.3 Å². The quantitative estimate of drug-likeness (QED) is 0.862. The standard InChI is InChI=1S/C14H25NO3S/c1-13(2,3)10-14(4,5)15-12(16)8-11-6-7-19(17,18)9-11/h6-7,11H,8-10H2,1-5H3,(H,15,16)/t11-/m0/s1. The minimum absolute atomic E-state index is 0.0557. The Kier molecular flexibility index (Phi) is 4.50. The Morgan fingerprint density at radius 3 is 2.26 bits per heavy atom. The summed E-state index contributed by atoms with van der Waals surface area (Å²) >= 11 is 0. The zero-order chi connectivity index (χ0) is 14.9. The number of carbonyl (C=O) groups excluding carboxylic acids is 1. The van der Waals surface area contributed by atoms with Crippen LogP contribution in [-0.2, 0) is 14.6 Å². The second kappa shape index (κ2) is 5.27. The van der Waals surface area contributed by atoms with Gasteiger partial charge in [-0.15, -0.1) is 0 Å². The molecule has 1 aliphatic rings. The van der Waals surface area contributed by atoms with E-state index >= 15 is 0 Å². The van der Waals surface area contributed by atoms with Crippen molar-refractivity contribution in [2.24, 2.45) is 11.3 Å². The number of hydrogen-bond acceptors (Lipinski definition) is 3. The molecule has 1 N–H and O–H groups in total. The number of sulfone groups is 1. The van der Waals surface area contributed by atoms with Crippen LogP contribution in [0.5, 0.6) is 0 Å². The number of carbonyl (C=O) groups is 1. The SMILES string of the molecule is CC(C)(C)CC(C)(C)NC(=O)C[C@@H]1C=CS(=O)(=O)C1. The van der Waals surface area contributed by atoms with Gasteiger partial charge in [-0.25, -0.2) is 8.42 Å². The minimum atomic E-state index is -3.07. The van der Waals surface area contributed by atoms with E-state index in [0.717, 1.165) is 6.42 Å².